The van der Waals surface area contributed by atoms with Crippen molar-refractivity contribution in [2.24, 2.45) is 5.16 Å². The molecule has 1 aromatic heterocycles. The molecule has 0 aliphatic carbocycles. The molecule has 28 heavy (non-hydrogen) atoms. The number of benzene rings is 2. The quantitative estimate of drug-likeness (QED) is 0.354. The van der Waals surface area contributed by atoms with Crippen molar-refractivity contribution in [2.75, 3.05) is 26.1 Å². The molecule has 0 saturated heterocycles. The van der Waals surface area contributed by atoms with Gasteiger partial charge in [-0.2, -0.15) is 9.97 Å². The summed E-state index contributed by atoms with van der Waals surface area (Å²) in [6.07, 6.45) is 2.21. The standard InChI is InChI=1S/C21H22N4O3/c1-27-18-8-6-15(7-9-18)10-11-22-20-13-19(24-21(25-20)28-2)17-5-3-4-16(12-17)14-23-26/h3-9,12-14,26H,10-11H2,1-2H3,(H,22,24,25). The Morgan fingerprint density at radius 1 is 1.04 bits per heavy atom. The monoisotopic (exact) mass is 378 g/mol. The van der Waals surface area contributed by atoms with Gasteiger partial charge in [0.05, 0.1) is 26.1 Å². The topological polar surface area (TPSA) is 88.9 Å². The van der Waals surface area contributed by atoms with Crippen LogP contribution in [0.3, 0.4) is 0 Å². The van der Waals surface area contributed by atoms with Crippen LogP contribution < -0.4 is 14.8 Å². The molecule has 0 saturated carbocycles. The third kappa shape index (κ3) is 4.97. The summed E-state index contributed by atoms with van der Waals surface area (Å²) in [6.45, 7) is 0.711. The molecule has 2 aromatic carbocycles. The molecule has 0 radical (unpaired) electrons. The van der Waals surface area contributed by atoms with Crippen molar-refractivity contribution < 1.29 is 14.7 Å². The summed E-state index contributed by atoms with van der Waals surface area (Å²) in [7, 11) is 3.19. The third-order valence-electron chi connectivity index (χ3n) is 4.16. The maximum atomic E-state index is 8.73. The van der Waals surface area contributed by atoms with Crippen LogP contribution in [0.15, 0.2) is 59.8 Å². The van der Waals surface area contributed by atoms with E-state index < -0.39 is 0 Å². The number of oxime groups is 1. The minimum atomic E-state index is 0.283. The van der Waals surface area contributed by atoms with Gasteiger partial charge in [0.25, 0.3) is 0 Å². The Bertz CT molecular complexity index is 943. The van der Waals surface area contributed by atoms with E-state index in [9.17, 15) is 0 Å². The fraction of sp³-hybridized carbons (Fsp3) is 0.190. The van der Waals surface area contributed by atoms with Crippen molar-refractivity contribution in [2.45, 2.75) is 6.42 Å². The van der Waals surface area contributed by atoms with E-state index in [1.807, 2.05) is 54.6 Å². The molecule has 0 atom stereocenters. The molecule has 7 nitrogen and oxygen atoms in total. The van der Waals surface area contributed by atoms with Crippen LogP contribution in [-0.4, -0.2) is 42.2 Å². The maximum Gasteiger partial charge on any atom is 0.318 e. The Kier molecular flexibility index (Phi) is 6.41. The van der Waals surface area contributed by atoms with E-state index in [1.54, 1.807) is 7.11 Å². The molecule has 2 N–H and O–H groups in total. The first-order valence-corrected chi connectivity index (χ1v) is 8.79. The molecular weight excluding hydrogens is 356 g/mol. The smallest absolute Gasteiger partial charge is 0.318 e. The number of ether oxygens (including phenoxy) is 2. The normalized spacial score (nSPS) is 10.8. The van der Waals surface area contributed by atoms with Crippen LogP contribution in [0.4, 0.5) is 5.82 Å². The Labute approximate surface area is 163 Å². The van der Waals surface area contributed by atoms with Crippen molar-refractivity contribution in [1.29, 1.82) is 0 Å². The van der Waals surface area contributed by atoms with Gasteiger partial charge >= 0.3 is 6.01 Å². The van der Waals surface area contributed by atoms with E-state index in [-0.39, 0.29) is 6.01 Å². The number of nitrogens with zero attached hydrogens (tertiary/aromatic N) is 3. The molecule has 3 aromatic rings. The lowest BCUT2D eigenvalue weighted by atomic mass is 10.1. The van der Waals surface area contributed by atoms with Gasteiger partial charge in [-0.3, -0.25) is 0 Å². The third-order valence-corrected chi connectivity index (χ3v) is 4.16. The van der Waals surface area contributed by atoms with Crippen LogP contribution in [0, 0.1) is 0 Å². The lowest BCUT2D eigenvalue weighted by Crippen LogP contribution is -2.08. The number of aromatic nitrogens is 2. The molecule has 0 fully saturated rings. The molecule has 0 amide bonds. The molecule has 3 rings (SSSR count). The molecule has 0 spiro atoms. The highest BCUT2D eigenvalue weighted by atomic mass is 16.5. The van der Waals surface area contributed by atoms with Gasteiger partial charge in [0.2, 0.25) is 0 Å². The summed E-state index contributed by atoms with van der Waals surface area (Å²) in [5.41, 5.74) is 3.56. The number of anilines is 1. The Hall–Kier alpha value is -3.61. The average Bonchev–Trinajstić information content (AvgIpc) is 2.74. The minimum absolute atomic E-state index is 0.283. The Morgan fingerprint density at radius 2 is 1.86 bits per heavy atom. The maximum absolute atomic E-state index is 8.73. The van der Waals surface area contributed by atoms with Gasteiger partial charge in [-0.05, 0) is 35.7 Å². The van der Waals surface area contributed by atoms with Crippen molar-refractivity contribution >= 4 is 12.0 Å². The van der Waals surface area contributed by atoms with E-state index in [0.29, 0.717) is 18.1 Å². The predicted octanol–water partition coefficient (Wildman–Crippen LogP) is 3.62. The van der Waals surface area contributed by atoms with Gasteiger partial charge in [-0.25, -0.2) is 0 Å². The first-order chi connectivity index (χ1) is 13.7. The number of nitrogens with one attached hydrogen (secondary N) is 1. The highest BCUT2D eigenvalue weighted by molar-refractivity contribution is 5.81. The number of methoxy groups -OCH3 is 2. The van der Waals surface area contributed by atoms with Crippen LogP contribution in [0.2, 0.25) is 0 Å². The molecular formula is C21H22N4O3. The zero-order valence-corrected chi connectivity index (χ0v) is 15.8. The average molecular weight is 378 g/mol. The summed E-state index contributed by atoms with van der Waals surface area (Å²) >= 11 is 0. The highest BCUT2D eigenvalue weighted by Gasteiger charge is 2.08. The highest BCUT2D eigenvalue weighted by Crippen LogP contribution is 2.23. The summed E-state index contributed by atoms with van der Waals surface area (Å²) in [4.78, 5) is 8.78. The van der Waals surface area contributed by atoms with Crippen LogP contribution in [-0.2, 0) is 6.42 Å². The van der Waals surface area contributed by atoms with Crippen molar-refractivity contribution in [3.63, 3.8) is 0 Å². The van der Waals surface area contributed by atoms with Gasteiger partial charge in [-0.15, -0.1) is 0 Å². The van der Waals surface area contributed by atoms with Gasteiger partial charge in [0.15, 0.2) is 0 Å². The first kappa shape index (κ1) is 19.2. The van der Waals surface area contributed by atoms with Gasteiger partial charge in [0, 0.05) is 18.2 Å². The Balaban J connectivity index is 1.74. The fourth-order valence-corrected chi connectivity index (χ4v) is 2.73. The summed E-state index contributed by atoms with van der Waals surface area (Å²) in [5.74, 6) is 1.52. The van der Waals surface area contributed by atoms with E-state index in [1.165, 1.54) is 18.9 Å². The van der Waals surface area contributed by atoms with Gasteiger partial charge in [-0.1, -0.05) is 35.5 Å². The lowest BCUT2D eigenvalue weighted by molar-refractivity contribution is 0.322. The van der Waals surface area contributed by atoms with E-state index in [0.717, 1.165) is 23.3 Å². The predicted molar refractivity (Wildman–Crippen MR) is 109 cm³/mol. The number of rotatable bonds is 8. The SMILES string of the molecule is COc1ccc(CCNc2cc(-c3cccc(C=NO)c3)nc(OC)n2)cc1. The summed E-state index contributed by atoms with van der Waals surface area (Å²) in [5, 5.41) is 15.1. The second-order valence-corrected chi connectivity index (χ2v) is 6.02. The second kappa shape index (κ2) is 9.36. The summed E-state index contributed by atoms with van der Waals surface area (Å²) < 4.78 is 10.4. The Morgan fingerprint density at radius 3 is 2.57 bits per heavy atom. The van der Waals surface area contributed by atoms with Crippen molar-refractivity contribution in [1.82, 2.24) is 9.97 Å². The molecule has 144 valence electrons. The zero-order chi connectivity index (χ0) is 19.8. The lowest BCUT2D eigenvalue weighted by Gasteiger charge is -2.10. The molecule has 0 unspecified atom stereocenters. The number of hydrogen-bond acceptors (Lipinski definition) is 7. The second-order valence-electron chi connectivity index (χ2n) is 6.02. The molecule has 7 heteroatoms. The van der Waals surface area contributed by atoms with Crippen LogP contribution in [0.25, 0.3) is 11.3 Å². The van der Waals surface area contributed by atoms with Gasteiger partial charge in [0.1, 0.15) is 11.6 Å². The van der Waals surface area contributed by atoms with Crippen LogP contribution >= 0.6 is 0 Å². The van der Waals surface area contributed by atoms with E-state index >= 15 is 0 Å². The van der Waals surface area contributed by atoms with Crippen molar-refractivity contribution in [3.05, 3.63) is 65.7 Å². The van der Waals surface area contributed by atoms with Crippen LogP contribution in [0.1, 0.15) is 11.1 Å². The summed E-state index contributed by atoms with van der Waals surface area (Å²) in [6, 6.07) is 17.7. The molecule has 1 heterocycles. The molecule has 0 bridgehead atoms. The minimum Gasteiger partial charge on any atom is -0.497 e. The largest absolute Gasteiger partial charge is 0.497 e. The van der Waals surface area contributed by atoms with E-state index in [2.05, 4.69) is 20.4 Å². The fourth-order valence-electron chi connectivity index (χ4n) is 2.73. The first-order valence-electron chi connectivity index (χ1n) is 8.79. The molecule has 0 aliphatic rings. The van der Waals surface area contributed by atoms with E-state index in [4.69, 9.17) is 14.7 Å². The van der Waals surface area contributed by atoms with Crippen LogP contribution in [0.5, 0.6) is 11.8 Å². The number of hydrogen-bond donors (Lipinski definition) is 2. The van der Waals surface area contributed by atoms with Crippen molar-refractivity contribution in [3.8, 4) is 23.0 Å². The molecule has 0 aliphatic heterocycles. The zero-order valence-electron chi connectivity index (χ0n) is 15.8. The van der Waals surface area contributed by atoms with Gasteiger partial charge < -0.3 is 20.0 Å².